The average Bonchev–Trinajstić information content (AvgIpc) is 2.99. The molecule has 0 aliphatic heterocycles. The van der Waals surface area contributed by atoms with Gasteiger partial charge < -0.3 is 0 Å². The van der Waals surface area contributed by atoms with Crippen molar-refractivity contribution >= 4 is 0 Å². The summed E-state index contributed by atoms with van der Waals surface area (Å²) in [4.78, 5) is 0. The number of benzene rings is 3. The predicted molar refractivity (Wildman–Crippen MR) is 183 cm³/mol. The maximum atomic E-state index is 10.1. The van der Waals surface area contributed by atoms with Crippen molar-refractivity contribution in [1.82, 2.24) is 0 Å². The van der Waals surface area contributed by atoms with Crippen molar-refractivity contribution in [3.8, 4) is 28.3 Å². The van der Waals surface area contributed by atoms with E-state index in [1.807, 2.05) is 0 Å². The van der Waals surface area contributed by atoms with Crippen LogP contribution in [0, 0.1) is 39.9 Å². The number of unbranched alkanes of at least 4 members (excludes halogenated alkanes) is 1. The summed E-state index contributed by atoms with van der Waals surface area (Å²) < 4.78 is 0. The summed E-state index contributed by atoms with van der Waals surface area (Å²) in [7, 11) is 0. The molecule has 0 bridgehead atoms. The normalized spacial score (nSPS) is 15.5. The lowest BCUT2D eigenvalue weighted by atomic mass is 9.44. The van der Waals surface area contributed by atoms with Crippen molar-refractivity contribution in [3.63, 3.8) is 0 Å². The topological polar surface area (TPSA) is 23.8 Å². The van der Waals surface area contributed by atoms with Gasteiger partial charge in [-0.1, -0.05) is 160 Å². The summed E-state index contributed by atoms with van der Waals surface area (Å²) in [6.07, 6.45) is 8.89. The van der Waals surface area contributed by atoms with Crippen molar-refractivity contribution in [2.24, 2.45) is 28.6 Å². The predicted octanol–water partition coefficient (Wildman–Crippen LogP) is 12.7. The molecule has 4 atom stereocenters. The first-order chi connectivity index (χ1) is 20.2. The van der Waals surface area contributed by atoms with E-state index < -0.39 is 0 Å². The van der Waals surface area contributed by atoms with E-state index in [-0.39, 0.29) is 10.8 Å². The first-order valence-corrected chi connectivity index (χ1v) is 16.8. The number of hydrogen-bond acceptors (Lipinski definition) is 1. The van der Waals surface area contributed by atoms with Crippen LogP contribution < -0.4 is 0 Å². The van der Waals surface area contributed by atoms with Crippen molar-refractivity contribution in [1.29, 1.82) is 5.26 Å². The Bertz CT molecular complexity index is 1260. The fraction of sp³-hybridized carbons (Fsp3) is 0.537. The van der Waals surface area contributed by atoms with Crippen LogP contribution in [0.15, 0.2) is 78.9 Å². The molecule has 0 saturated heterocycles. The molecule has 0 aliphatic carbocycles. The van der Waals surface area contributed by atoms with E-state index in [1.165, 1.54) is 53.5 Å². The van der Waals surface area contributed by atoms with E-state index in [9.17, 15) is 5.26 Å². The third-order valence-electron chi connectivity index (χ3n) is 10.6. The number of nitriles is 1. The third-order valence-corrected chi connectivity index (χ3v) is 10.6. The maximum absolute atomic E-state index is 10.1. The van der Waals surface area contributed by atoms with Gasteiger partial charge in [0.15, 0.2) is 0 Å². The minimum atomic E-state index is -0.0175. The Balaban J connectivity index is 2.35. The van der Waals surface area contributed by atoms with Crippen LogP contribution >= 0.6 is 0 Å². The molecule has 0 spiro atoms. The molecule has 226 valence electrons. The molecule has 3 rings (SSSR count). The molecule has 0 saturated carbocycles. The van der Waals surface area contributed by atoms with E-state index in [0.29, 0.717) is 30.1 Å². The van der Waals surface area contributed by atoms with Crippen LogP contribution in [-0.2, 0) is 0 Å². The van der Waals surface area contributed by atoms with Gasteiger partial charge in [-0.15, -0.1) is 0 Å². The minimum absolute atomic E-state index is 0.0175. The van der Waals surface area contributed by atoms with Crippen molar-refractivity contribution in [2.75, 3.05) is 0 Å². The Labute approximate surface area is 258 Å². The van der Waals surface area contributed by atoms with Gasteiger partial charge in [-0.05, 0) is 81.6 Å². The highest BCUT2D eigenvalue weighted by atomic mass is 14.6. The van der Waals surface area contributed by atoms with Crippen molar-refractivity contribution in [3.05, 3.63) is 84.4 Å². The molecule has 0 aromatic heterocycles. The first kappa shape index (κ1) is 33.6. The summed E-state index contributed by atoms with van der Waals surface area (Å²) >= 11 is 0. The molecular weight excluding hydrogens is 506 g/mol. The summed E-state index contributed by atoms with van der Waals surface area (Å²) in [6.45, 7) is 19.5. The van der Waals surface area contributed by atoms with Crippen LogP contribution in [0.4, 0.5) is 0 Å². The van der Waals surface area contributed by atoms with Gasteiger partial charge in [0.1, 0.15) is 0 Å². The van der Waals surface area contributed by atoms with E-state index >= 15 is 0 Å². The van der Waals surface area contributed by atoms with E-state index in [2.05, 4.69) is 140 Å². The largest absolute Gasteiger partial charge is 0.198 e. The van der Waals surface area contributed by atoms with Crippen molar-refractivity contribution in [2.45, 2.75) is 113 Å². The van der Waals surface area contributed by atoms with Crippen LogP contribution in [0.3, 0.4) is 0 Å². The Morgan fingerprint density at radius 2 is 1.29 bits per heavy atom. The zero-order valence-electron chi connectivity index (χ0n) is 27.9. The highest BCUT2D eigenvalue weighted by molar-refractivity contribution is 5.85. The molecule has 0 heterocycles. The van der Waals surface area contributed by atoms with Gasteiger partial charge in [0.25, 0.3) is 0 Å². The second kappa shape index (κ2) is 15.6. The van der Waals surface area contributed by atoms with Gasteiger partial charge in [0.2, 0.25) is 0 Å². The Hall–Kier alpha value is -2.85. The fourth-order valence-corrected chi connectivity index (χ4v) is 8.73. The van der Waals surface area contributed by atoms with Gasteiger partial charge in [-0.25, -0.2) is 0 Å². The molecule has 1 nitrogen and oxygen atoms in total. The second-order valence-electron chi connectivity index (χ2n) is 13.6. The molecule has 3 aromatic carbocycles. The Morgan fingerprint density at radius 3 is 1.86 bits per heavy atom. The summed E-state index contributed by atoms with van der Waals surface area (Å²) in [5, 5.41) is 10.1. The molecule has 1 heteroatoms. The van der Waals surface area contributed by atoms with Gasteiger partial charge in [-0.2, -0.15) is 5.26 Å². The van der Waals surface area contributed by atoms with Crippen LogP contribution in [0.5, 0.6) is 0 Å². The third kappa shape index (κ3) is 6.86. The molecular formula is C41H57N. The summed E-state index contributed by atoms with van der Waals surface area (Å²) in [6, 6.07) is 31.7. The highest BCUT2D eigenvalue weighted by Crippen LogP contribution is 2.64. The zero-order valence-corrected chi connectivity index (χ0v) is 27.9. The number of rotatable bonds is 16. The Morgan fingerprint density at radius 1 is 0.690 bits per heavy atom. The summed E-state index contributed by atoms with van der Waals surface area (Å²) in [5.74, 6) is 1.83. The highest BCUT2D eigenvalue weighted by Gasteiger charge is 2.56. The standard InChI is InChI=1S/C41H57N/c1-9-12-27-39(40(7,8)41(29-11-3,32(6)28-30-42)38(20-10-2)31(4)5)37-26-19-18-25-36(37)35-24-17-16-23-34(35)33-21-14-13-15-22-33/h13-19,21-26,31-32,38-39H,9-12,20,27-29H2,1-8H3. The molecule has 0 radical (unpaired) electrons. The first-order valence-electron chi connectivity index (χ1n) is 16.8. The van der Waals surface area contributed by atoms with Crippen LogP contribution in [-0.4, -0.2) is 0 Å². The van der Waals surface area contributed by atoms with E-state index in [4.69, 9.17) is 0 Å². The number of hydrogen-bond donors (Lipinski definition) is 0. The van der Waals surface area contributed by atoms with E-state index in [0.717, 1.165) is 19.3 Å². The monoisotopic (exact) mass is 563 g/mol. The summed E-state index contributed by atoms with van der Waals surface area (Å²) in [5.41, 5.74) is 6.74. The van der Waals surface area contributed by atoms with Crippen LogP contribution in [0.2, 0.25) is 0 Å². The zero-order chi connectivity index (χ0) is 30.8. The van der Waals surface area contributed by atoms with Crippen molar-refractivity contribution < 1.29 is 0 Å². The molecule has 0 N–H and O–H groups in total. The number of nitrogens with zero attached hydrogens (tertiary/aromatic N) is 1. The molecule has 42 heavy (non-hydrogen) atoms. The molecule has 4 unspecified atom stereocenters. The SMILES string of the molecule is CCCCC(c1ccccc1-c1ccccc1-c1ccccc1)C(C)(C)C(CCC)(C(C)CC#N)C(CCC)C(C)C. The molecule has 0 aliphatic rings. The van der Waals surface area contributed by atoms with Gasteiger partial charge in [0.05, 0.1) is 6.07 Å². The van der Waals surface area contributed by atoms with Gasteiger partial charge >= 0.3 is 0 Å². The lowest BCUT2D eigenvalue weighted by Gasteiger charge is -2.60. The van der Waals surface area contributed by atoms with E-state index in [1.54, 1.807) is 0 Å². The Kier molecular flexibility index (Phi) is 12.5. The fourth-order valence-electron chi connectivity index (χ4n) is 8.73. The van der Waals surface area contributed by atoms with Crippen LogP contribution in [0.25, 0.3) is 22.3 Å². The molecule has 0 amide bonds. The quantitative estimate of drug-likeness (QED) is 0.170. The second-order valence-corrected chi connectivity index (χ2v) is 13.6. The smallest absolute Gasteiger partial charge is 0.0624 e. The minimum Gasteiger partial charge on any atom is -0.198 e. The molecule has 3 aromatic rings. The van der Waals surface area contributed by atoms with Gasteiger partial charge in [0, 0.05) is 6.42 Å². The van der Waals surface area contributed by atoms with Gasteiger partial charge in [-0.3, -0.25) is 0 Å². The molecule has 0 fully saturated rings. The lowest BCUT2D eigenvalue weighted by molar-refractivity contribution is -0.0943. The maximum Gasteiger partial charge on any atom is 0.0624 e. The van der Waals surface area contributed by atoms with Crippen LogP contribution in [0.1, 0.15) is 118 Å². The average molecular weight is 564 g/mol. The lowest BCUT2D eigenvalue weighted by Crippen LogP contribution is -2.53.